The molecule has 1 aromatic carbocycles. The first-order chi connectivity index (χ1) is 13.3. The second kappa shape index (κ2) is 8.26. The Morgan fingerprint density at radius 2 is 2.18 bits per heavy atom. The van der Waals surface area contributed by atoms with Crippen molar-refractivity contribution in [2.24, 2.45) is 0 Å². The first-order valence-electron chi connectivity index (χ1n) is 8.62. The minimum absolute atomic E-state index is 0.207. The molecule has 3 rings (SSSR count). The van der Waals surface area contributed by atoms with Crippen molar-refractivity contribution >= 4 is 23.7 Å². The fraction of sp³-hybridized carbons (Fsp3) is 0.389. The largest absolute Gasteiger partial charge is 0.461 e. The summed E-state index contributed by atoms with van der Waals surface area (Å²) in [6.45, 7) is 3.88. The molecule has 28 heavy (non-hydrogen) atoms. The fourth-order valence-electron chi connectivity index (χ4n) is 2.96. The van der Waals surface area contributed by atoms with Gasteiger partial charge in [-0.15, -0.1) is 0 Å². The number of fused-ring (bicyclic) bond motifs is 1. The molecule has 0 unspecified atom stereocenters. The topological polar surface area (TPSA) is 69.0 Å². The van der Waals surface area contributed by atoms with E-state index in [4.69, 9.17) is 4.74 Å². The molecule has 0 amide bonds. The van der Waals surface area contributed by atoms with Crippen LogP contribution >= 0.6 is 11.8 Å². The van der Waals surface area contributed by atoms with Crippen molar-refractivity contribution in [3.05, 3.63) is 53.0 Å². The predicted octanol–water partition coefficient (Wildman–Crippen LogP) is 3.88. The highest BCUT2D eigenvalue weighted by Gasteiger charge is 2.36. The van der Waals surface area contributed by atoms with Crippen LogP contribution in [0.2, 0.25) is 0 Å². The zero-order valence-corrected chi connectivity index (χ0v) is 16.1. The Morgan fingerprint density at radius 1 is 1.39 bits per heavy atom. The molecule has 1 aliphatic rings. The fourth-order valence-corrected chi connectivity index (χ4v) is 3.45. The molecule has 0 bridgehead atoms. The molecule has 150 valence electrons. The van der Waals surface area contributed by atoms with Crippen molar-refractivity contribution in [2.75, 3.05) is 23.4 Å². The standard InChI is InChI=1S/C18H19F3N4O2S/c1-3-28-8-7-27-16(26)14-11(2)24-17-22-10-23-25(17)15(14)12-5-4-6-13(9-12)18(19,20)21/h4-6,9-10,15H,3,7-8H2,1-2H3,(H,22,23,24)/t15-/m1/s1. The number of esters is 1. The first-order valence-corrected chi connectivity index (χ1v) is 9.77. The molecule has 1 N–H and O–H groups in total. The average Bonchev–Trinajstić information content (AvgIpc) is 3.11. The van der Waals surface area contributed by atoms with Gasteiger partial charge in [0.1, 0.15) is 19.0 Å². The summed E-state index contributed by atoms with van der Waals surface area (Å²) in [7, 11) is 0. The van der Waals surface area contributed by atoms with Gasteiger partial charge < -0.3 is 10.1 Å². The van der Waals surface area contributed by atoms with E-state index in [9.17, 15) is 18.0 Å². The third-order valence-corrected chi connectivity index (χ3v) is 5.07. The van der Waals surface area contributed by atoms with Gasteiger partial charge in [0.15, 0.2) is 0 Å². The minimum Gasteiger partial charge on any atom is -0.461 e. The van der Waals surface area contributed by atoms with Crippen LogP contribution in [0, 0.1) is 0 Å². The molecule has 2 heterocycles. The molecular weight excluding hydrogens is 393 g/mol. The van der Waals surface area contributed by atoms with Gasteiger partial charge in [-0.2, -0.15) is 35.0 Å². The van der Waals surface area contributed by atoms with Gasteiger partial charge in [0, 0.05) is 11.4 Å². The van der Waals surface area contributed by atoms with E-state index in [-0.39, 0.29) is 17.7 Å². The number of ether oxygens (including phenoxy) is 1. The van der Waals surface area contributed by atoms with E-state index >= 15 is 0 Å². The van der Waals surface area contributed by atoms with Crippen LogP contribution in [-0.2, 0) is 15.7 Å². The van der Waals surface area contributed by atoms with E-state index in [0.717, 1.165) is 17.9 Å². The van der Waals surface area contributed by atoms with E-state index in [0.29, 0.717) is 17.4 Å². The molecule has 0 radical (unpaired) electrons. The van der Waals surface area contributed by atoms with Crippen molar-refractivity contribution in [3.63, 3.8) is 0 Å². The van der Waals surface area contributed by atoms with E-state index < -0.39 is 23.8 Å². The summed E-state index contributed by atoms with van der Waals surface area (Å²) in [5, 5.41) is 7.06. The first kappa shape index (κ1) is 20.2. The number of anilines is 1. The van der Waals surface area contributed by atoms with Crippen LogP contribution in [-0.4, -0.2) is 38.8 Å². The normalized spacial score (nSPS) is 16.5. The number of hydrogen-bond donors (Lipinski definition) is 1. The van der Waals surface area contributed by atoms with Gasteiger partial charge >= 0.3 is 12.1 Å². The van der Waals surface area contributed by atoms with Gasteiger partial charge in [0.05, 0.1) is 11.1 Å². The lowest BCUT2D eigenvalue weighted by Gasteiger charge is -2.28. The molecule has 10 heteroatoms. The third kappa shape index (κ3) is 4.16. The van der Waals surface area contributed by atoms with Crippen molar-refractivity contribution in [3.8, 4) is 0 Å². The van der Waals surface area contributed by atoms with Crippen LogP contribution in [0.3, 0.4) is 0 Å². The Morgan fingerprint density at radius 3 is 2.89 bits per heavy atom. The summed E-state index contributed by atoms with van der Waals surface area (Å²) in [6.07, 6.45) is -3.21. The monoisotopic (exact) mass is 412 g/mol. The highest BCUT2D eigenvalue weighted by Crippen LogP contribution is 2.37. The molecule has 2 aromatic rings. The maximum atomic E-state index is 13.2. The van der Waals surface area contributed by atoms with Crippen LogP contribution in [0.25, 0.3) is 0 Å². The summed E-state index contributed by atoms with van der Waals surface area (Å²) in [6, 6.07) is 3.99. The van der Waals surface area contributed by atoms with Crippen LogP contribution in [0.4, 0.5) is 19.1 Å². The number of benzene rings is 1. The lowest BCUT2D eigenvalue weighted by atomic mass is 9.94. The van der Waals surface area contributed by atoms with Crippen molar-refractivity contribution < 1.29 is 22.7 Å². The molecule has 1 aliphatic heterocycles. The number of thioether (sulfide) groups is 1. The second-order valence-corrected chi connectivity index (χ2v) is 7.44. The quantitative estimate of drug-likeness (QED) is 0.574. The van der Waals surface area contributed by atoms with Crippen LogP contribution in [0.5, 0.6) is 0 Å². The van der Waals surface area contributed by atoms with Gasteiger partial charge in [-0.05, 0) is 30.4 Å². The number of rotatable bonds is 6. The molecular formula is C18H19F3N4O2S. The minimum atomic E-state index is -4.50. The van der Waals surface area contributed by atoms with Gasteiger partial charge in [-0.25, -0.2) is 9.48 Å². The third-order valence-electron chi connectivity index (χ3n) is 4.21. The summed E-state index contributed by atoms with van der Waals surface area (Å²) < 4.78 is 46.3. The number of nitrogens with one attached hydrogen (secondary N) is 1. The number of aromatic nitrogens is 3. The molecule has 6 nitrogen and oxygen atoms in total. The Kier molecular flexibility index (Phi) is 5.97. The van der Waals surface area contributed by atoms with Gasteiger partial charge in [-0.3, -0.25) is 0 Å². The lowest BCUT2D eigenvalue weighted by Crippen LogP contribution is -2.30. The average molecular weight is 412 g/mol. The number of carbonyl (C=O) groups is 1. The predicted molar refractivity (Wildman–Crippen MR) is 99.9 cm³/mol. The van der Waals surface area contributed by atoms with Crippen molar-refractivity contribution in [1.82, 2.24) is 14.8 Å². The van der Waals surface area contributed by atoms with E-state index in [1.807, 2.05) is 6.92 Å². The maximum absolute atomic E-state index is 13.2. The van der Waals surface area contributed by atoms with Crippen molar-refractivity contribution in [2.45, 2.75) is 26.1 Å². The highest BCUT2D eigenvalue weighted by molar-refractivity contribution is 7.99. The van der Waals surface area contributed by atoms with Crippen LogP contribution in [0.15, 0.2) is 41.9 Å². The van der Waals surface area contributed by atoms with Gasteiger partial charge in [0.2, 0.25) is 5.95 Å². The molecule has 0 fully saturated rings. The number of alkyl halides is 3. The smallest absolute Gasteiger partial charge is 0.416 e. The summed E-state index contributed by atoms with van der Waals surface area (Å²) in [4.78, 5) is 16.8. The molecule has 1 aromatic heterocycles. The van der Waals surface area contributed by atoms with Gasteiger partial charge in [0.25, 0.3) is 0 Å². The molecule has 0 saturated heterocycles. The van der Waals surface area contributed by atoms with E-state index in [1.165, 1.54) is 23.1 Å². The Labute approximate surface area is 164 Å². The number of halogens is 3. The molecule has 0 aliphatic carbocycles. The zero-order chi connectivity index (χ0) is 20.3. The SMILES string of the molecule is CCSCCOC(=O)C1=C(C)Nc2ncnn2[C@@H]1c1cccc(C(F)(F)F)c1. The van der Waals surface area contributed by atoms with Crippen LogP contribution in [0.1, 0.15) is 31.0 Å². The summed E-state index contributed by atoms with van der Waals surface area (Å²) in [5.74, 6) is 1.30. The second-order valence-electron chi connectivity index (χ2n) is 6.05. The zero-order valence-electron chi connectivity index (χ0n) is 15.3. The maximum Gasteiger partial charge on any atom is 0.416 e. The molecule has 0 saturated carbocycles. The van der Waals surface area contributed by atoms with E-state index in [1.54, 1.807) is 18.7 Å². The van der Waals surface area contributed by atoms with Crippen LogP contribution < -0.4 is 5.32 Å². The lowest BCUT2D eigenvalue weighted by molar-refractivity contribution is -0.139. The molecule has 0 spiro atoms. The Balaban J connectivity index is 1.99. The number of nitrogens with zero attached hydrogens (tertiary/aromatic N) is 3. The number of hydrogen-bond acceptors (Lipinski definition) is 6. The number of allylic oxidation sites excluding steroid dienone is 1. The Bertz CT molecular complexity index is 895. The number of carbonyl (C=O) groups excluding carboxylic acids is 1. The summed E-state index contributed by atoms with van der Waals surface area (Å²) in [5.41, 5.74) is 0.155. The van der Waals surface area contributed by atoms with Gasteiger partial charge in [-0.1, -0.05) is 19.1 Å². The highest BCUT2D eigenvalue weighted by atomic mass is 32.2. The van der Waals surface area contributed by atoms with E-state index in [2.05, 4.69) is 15.4 Å². The Hall–Kier alpha value is -2.49. The molecule has 1 atom stereocenters. The summed E-state index contributed by atoms with van der Waals surface area (Å²) >= 11 is 1.63. The van der Waals surface area contributed by atoms with Crippen molar-refractivity contribution in [1.29, 1.82) is 0 Å².